The van der Waals surface area contributed by atoms with Crippen LogP contribution in [-0.4, -0.2) is 26.2 Å². The number of hydrogen-bond donors (Lipinski definition) is 0. The molecule has 0 radical (unpaired) electrons. The molecule has 0 bridgehead atoms. The van der Waals surface area contributed by atoms with Gasteiger partial charge < -0.3 is 0 Å². The highest BCUT2D eigenvalue weighted by molar-refractivity contribution is 7.13. The van der Waals surface area contributed by atoms with Gasteiger partial charge >= 0.3 is 0 Å². The molecule has 0 aliphatic carbocycles. The van der Waals surface area contributed by atoms with Crippen molar-refractivity contribution in [1.29, 1.82) is 0 Å². The third-order valence-corrected chi connectivity index (χ3v) is 6.26. The Labute approximate surface area is 187 Å². The molecule has 0 saturated carbocycles. The van der Waals surface area contributed by atoms with Crippen LogP contribution in [0.5, 0.6) is 0 Å². The monoisotopic (exact) mass is 435 g/mol. The molecule has 3 nitrogen and oxygen atoms in total. The van der Waals surface area contributed by atoms with Crippen molar-refractivity contribution in [2.45, 2.75) is 59.7 Å². The largest absolute Gasteiger partial charge is 0.279 e. The molecule has 0 amide bonds. The molecule has 0 atom stereocenters. The number of thiophene rings is 1. The molecule has 0 saturated heterocycles. The first kappa shape index (κ1) is 23.9. The van der Waals surface area contributed by atoms with Crippen molar-refractivity contribution in [3.05, 3.63) is 51.2 Å². The normalized spacial score (nSPS) is 11.0. The van der Waals surface area contributed by atoms with E-state index in [9.17, 15) is 0 Å². The number of benzene rings is 1. The lowest BCUT2D eigenvalue weighted by Gasteiger charge is -2.10. The Kier molecular flexibility index (Phi) is 9.37. The van der Waals surface area contributed by atoms with Crippen LogP contribution in [-0.2, 0) is 6.42 Å². The number of nitrogens with zero attached hydrogens (tertiary/aromatic N) is 3. The topological polar surface area (TPSA) is 28.0 Å². The molecule has 0 unspecified atom stereocenters. The van der Waals surface area contributed by atoms with Crippen molar-refractivity contribution in [2.24, 2.45) is 10.3 Å². The van der Waals surface area contributed by atoms with Crippen LogP contribution in [0.15, 0.2) is 40.7 Å². The minimum absolute atomic E-state index is 0.842. The predicted octanol–water partition coefficient (Wildman–Crippen LogP) is 7.06. The van der Waals surface area contributed by atoms with Crippen molar-refractivity contribution in [1.82, 2.24) is 5.01 Å². The van der Waals surface area contributed by atoms with Crippen LogP contribution in [0, 0.1) is 23.3 Å². The summed E-state index contributed by atoms with van der Waals surface area (Å²) in [6.45, 7) is 14.9. The molecule has 0 N–H and O–H groups in total. The molecule has 0 spiro atoms. The fraction of sp³-hybridized carbons (Fsp3) is 0.440. The molecule has 5 heteroatoms. The molecule has 2 aromatic rings. The maximum absolute atomic E-state index is 4.28. The Balaban J connectivity index is 2.18. The molecule has 30 heavy (non-hydrogen) atoms. The molecule has 1 aromatic heterocycles. The van der Waals surface area contributed by atoms with E-state index in [0.717, 1.165) is 35.6 Å². The Morgan fingerprint density at radius 3 is 2.27 bits per heavy atom. The molecular weight excluding hydrogens is 402 g/mol. The third-order valence-electron chi connectivity index (χ3n) is 4.37. The quantitative estimate of drug-likeness (QED) is 0.198. The van der Waals surface area contributed by atoms with Gasteiger partial charge in [-0.05, 0) is 62.6 Å². The maximum Gasteiger partial charge on any atom is 0.129 e. The summed E-state index contributed by atoms with van der Waals surface area (Å²) in [4.78, 5) is 2.29. The van der Waals surface area contributed by atoms with Gasteiger partial charge in [0.15, 0.2) is 0 Å². The van der Waals surface area contributed by atoms with Crippen molar-refractivity contribution in [3.8, 4) is 23.3 Å². The highest BCUT2D eigenvalue weighted by atomic mass is 32.1. The molecule has 1 heterocycles. The maximum atomic E-state index is 4.28. The lowest BCUT2D eigenvalue weighted by atomic mass is 10.1. The van der Waals surface area contributed by atoms with Gasteiger partial charge in [-0.15, -0.1) is 22.0 Å². The first-order chi connectivity index (χ1) is 14.3. The minimum Gasteiger partial charge on any atom is -0.279 e. The van der Waals surface area contributed by atoms with E-state index in [-0.39, 0.29) is 0 Å². The summed E-state index contributed by atoms with van der Waals surface area (Å²) in [7, 11) is -1.39. The van der Waals surface area contributed by atoms with Crippen LogP contribution < -0.4 is 0 Å². The lowest BCUT2D eigenvalue weighted by Crippen LogP contribution is -2.16. The van der Waals surface area contributed by atoms with Crippen molar-refractivity contribution in [2.75, 3.05) is 13.1 Å². The van der Waals surface area contributed by atoms with E-state index >= 15 is 0 Å². The Morgan fingerprint density at radius 2 is 1.67 bits per heavy atom. The second-order valence-electron chi connectivity index (χ2n) is 8.19. The SMILES string of the molecule is CCCCc1cc(C#Cc2ccc(N=NN(CC)CC)cc2)sc1C#C[Si](C)(C)C. The third kappa shape index (κ3) is 8.18. The van der Waals surface area contributed by atoms with Crippen LogP contribution in [0.3, 0.4) is 0 Å². The van der Waals surface area contributed by atoms with Gasteiger partial charge in [-0.25, -0.2) is 0 Å². The summed E-state index contributed by atoms with van der Waals surface area (Å²) in [5.41, 5.74) is 6.68. The second-order valence-corrected chi connectivity index (χ2v) is 14.0. The summed E-state index contributed by atoms with van der Waals surface area (Å²) in [5.74, 6) is 10.1. The first-order valence-electron chi connectivity index (χ1n) is 10.8. The molecule has 2 rings (SSSR count). The van der Waals surface area contributed by atoms with Gasteiger partial charge in [-0.3, -0.25) is 5.01 Å². The second kappa shape index (κ2) is 11.7. The lowest BCUT2D eigenvalue weighted by molar-refractivity contribution is 0.301. The zero-order chi connectivity index (χ0) is 22.0. The van der Waals surface area contributed by atoms with E-state index in [1.807, 2.05) is 29.3 Å². The van der Waals surface area contributed by atoms with Crippen LogP contribution in [0.25, 0.3) is 0 Å². The standard InChI is InChI=1S/C25H33N3SSi/c1-7-10-11-22-20-24(29-25(22)18-19-30(4,5)6)17-14-21-12-15-23(16-13-21)26-27-28(8-2)9-3/h12-13,15-16,20H,7-11H2,1-6H3. The van der Waals surface area contributed by atoms with Crippen molar-refractivity contribution in [3.63, 3.8) is 0 Å². The minimum atomic E-state index is -1.39. The number of unbranched alkanes of at least 4 members (excludes halogenated alkanes) is 1. The van der Waals surface area contributed by atoms with Crippen molar-refractivity contribution >= 4 is 25.1 Å². The predicted molar refractivity (Wildman–Crippen MR) is 133 cm³/mol. The average molecular weight is 436 g/mol. The molecular formula is C25H33N3SSi. The summed E-state index contributed by atoms with van der Waals surface area (Å²) >= 11 is 1.73. The fourth-order valence-corrected chi connectivity index (χ4v) is 4.11. The van der Waals surface area contributed by atoms with E-state index in [1.165, 1.54) is 23.3 Å². The van der Waals surface area contributed by atoms with Gasteiger partial charge in [0.1, 0.15) is 8.07 Å². The van der Waals surface area contributed by atoms with Gasteiger partial charge in [0.25, 0.3) is 0 Å². The summed E-state index contributed by atoms with van der Waals surface area (Å²) in [6, 6.07) is 10.2. The smallest absolute Gasteiger partial charge is 0.129 e. The summed E-state index contributed by atoms with van der Waals surface area (Å²) < 4.78 is 0. The number of rotatable bonds is 7. The van der Waals surface area contributed by atoms with Crippen LogP contribution in [0.4, 0.5) is 5.69 Å². The highest BCUT2D eigenvalue weighted by Gasteiger charge is 2.10. The van der Waals surface area contributed by atoms with Gasteiger partial charge in [0.2, 0.25) is 0 Å². The summed E-state index contributed by atoms with van der Waals surface area (Å²) in [5, 5.41) is 10.4. The molecule has 0 fully saturated rings. The van der Waals surface area contributed by atoms with Crippen LogP contribution in [0.1, 0.15) is 54.5 Å². The van der Waals surface area contributed by atoms with E-state index in [0.29, 0.717) is 0 Å². The van der Waals surface area contributed by atoms with Gasteiger partial charge in [0.05, 0.1) is 15.4 Å². The Morgan fingerprint density at radius 1 is 0.967 bits per heavy atom. The Hall–Kier alpha value is -2.34. The highest BCUT2D eigenvalue weighted by Crippen LogP contribution is 2.23. The zero-order valence-corrected chi connectivity index (χ0v) is 21.0. The molecule has 1 aromatic carbocycles. The fourth-order valence-electron chi connectivity index (χ4n) is 2.60. The van der Waals surface area contributed by atoms with E-state index in [2.05, 4.69) is 80.1 Å². The van der Waals surface area contributed by atoms with Crippen LogP contribution >= 0.6 is 11.3 Å². The van der Waals surface area contributed by atoms with E-state index in [4.69, 9.17) is 0 Å². The van der Waals surface area contributed by atoms with Gasteiger partial charge in [-0.1, -0.05) is 56.0 Å². The average Bonchev–Trinajstić information content (AvgIpc) is 3.12. The van der Waals surface area contributed by atoms with E-state index in [1.54, 1.807) is 11.3 Å². The molecule has 0 aliphatic rings. The molecule has 0 aliphatic heterocycles. The van der Waals surface area contributed by atoms with Gasteiger partial charge in [-0.2, -0.15) is 0 Å². The zero-order valence-electron chi connectivity index (χ0n) is 19.2. The van der Waals surface area contributed by atoms with E-state index < -0.39 is 8.07 Å². The van der Waals surface area contributed by atoms with Gasteiger partial charge in [0, 0.05) is 18.7 Å². The van der Waals surface area contributed by atoms with Crippen molar-refractivity contribution < 1.29 is 0 Å². The number of hydrogen-bond acceptors (Lipinski definition) is 3. The van der Waals surface area contributed by atoms with Crippen LogP contribution in [0.2, 0.25) is 19.6 Å². The number of aryl methyl sites for hydroxylation is 1. The molecule has 158 valence electrons. The first-order valence-corrected chi connectivity index (χ1v) is 15.1. The Bertz CT molecular complexity index is 956. The summed E-state index contributed by atoms with van der Waals surface area (Å²) in [6.07, 6.45) is 3.46.